The van der Waals surface area contributed by atoms with Crippen LogP contribution in [0.5, 0.6) is 5.75 Å². The lowest BCUT2D eigenvalue weighted by atomic mass is 9.89. The molecular formula is C24H31N3O4S. The van der Waals surface area contributed by atoms with Crippen molar-refractivity contribution in [3.05, 3.63) is 54.8 Å². The molecule has 3 aromatic rings. The van der Waals surface area contributed by atoms with Gasteiger partial charge in [0.2, 0.25) is 5.43 Å². The smallest absolute Gasteiger partial charge is 0.262 e. The number of fused-ring (bicyclic) bond motifs is 3. The number of rotatable bonds is 8. The van der Waals surface area contributed by atoms with Crippen LogP contribution in [0.3, 0.4) is 0 Å². The van der Waals surface area contributed by atoms with E-state index in [0.29, 0.717) is 48.7 Å². The highest BCUT2D eigenvalue weighted by atomic mass is 32.1. The number of nitrogens with zero attached hydrogens (tertiary/aromatic N) is 2. The summed E-state index contributed by atoms with van der Waals surface area (Å²) in [6, 6.07) is 1.51. The highest BCUT2D eigenvalue weighted by Crippen LogP contribution is 2.35. The molecule has 8 heteroatoms. The molecule has 0 spiro atoms. The summed E-state index contributed by atoms with van der Waals surface area (Å²) in [6.07, 6.45) is 5.13. The first-order chi connectivity index (χ1) is 15.4. The number of pyridine rings is 1. The molecule has 1 unspecified atom stereocenters. The fourth-order valence-electron chi connectivity index (χ4n) is 4.14. The van der Waals surface area contributed by atoms with Crippen molar-refractivity contribution in [2.45, 2.75) is 53.0 Å². The minimum absolute atomic E-state index is 0.0332. The number of thiophene rings is 1. The maximum atomic E-state index is 13.6. The van der Waals surface area contributed by atoms with Crippen LogP contribution in [0.15, 0.2) is 21.9 Å². The van der Waals surface area contributed by atoms with Crippen molar-refractivity contribution in [2.75, 3.05) is 20.3 Å². The van der Waals surface area contributed by atoms with Crippen molar-refractivity contribution >= 4 is 21.6 Å². The Morgan fingerprint density at radius 3 is 2.88 bits per heavy atom. The molecule has 1 aliphatic carbocycles. The molecule has 7 nitrogen and oxygen atoms in total. The quantitative estimate of drug-likeness (QED) is 0.559. The Balaban J connectivity index is 1.73. The van der Waals surface area contributed by atoms with Crippen LogP contribution in [0.25, 0.3) is 10.2 Å². The molecule has 1 atom stereocenters. The van der Waals surface area contributed by atoms with Gasteiger partial charge in [-0.3, -0.25) is 14.2 Å². The summed E-state index contributed by atoms with van der Waals surface area (Å²) in [6.45, 7) is 7.52. The van der Waals surface area contributed by atoms with Crippen LogP contribution in [0, 0.1) is 11.8 Å². The zero-order valence-electron chi connectivity index (χ0n) is 19.2. The molecule has 172 valence electrons. The Kier molecular flexibility index (Phi) is 6.81. The molecule has 0 bridgehead atoms. The molecule has 3 heterocycles. The highest BCUT2D eigenvalue weighted by Gasteiger charge is 2.24. The summed E-state index contributed by atoms with van der Waals surface area (Å²) >= 11 is 1.65. The van der Waals surface area contributed by atoms with Crippen molar-refractivity contribution in [3.63, 3.8) is 0 Å². The van der Waals surface area contributed by atoms with Crippen molar-refractivity contribution in [3.8, 4) is 5.75 Å². The molecule has 4 rings (SSSR count). The second-order valence-electron chi connectivity index (χ2n) is 9.09. The Morgan fingerprint density at radius 2 is 2.16 bits per heavy atom. The van der Waals surface area contributed by atoms with Crippen LogP contribution < -0.4 is 15.7 Å². The van der Waals surface area contributed by atoms with Crippen LogP contribution in [0.4, 0.5) is 0 Å². The molecule has 0 radical (unpaired) electrons. The zero-order valence-corrected chi connectivity index (χ0v) is 20.0. The second kappa shape index (κ2) is 9.58. The number of methoxy groups -OCH3 is 1. The first-order valence-corrected chi connectivity index (χ1v) is 12.1. The molecule has 0 aromatic carbocycles. The summed E-state index contributed by atoms with van der Waals surface area (Å²) in [5.41, 5.74) is 1.58. The van der Waals surface area contributed by atoms with E-state index in [1.54, 1.807) is 29.2 Å². The molecule has 0 amide bonds. The maximum Gasteiger partial charge on any atom is 0.262 e. The number of nitrogens with one attached hydrogen (secondary N) is 1. The SMILES string of the molecule is COCCc1nc2sc3c(c2c(=O)n1Cc1cc(=O)c(OCC(C)C)c[nH]1)CCC(C)C3. The molecule has 0 saturated carbocycles. The Labute approximate surface area is 191 Å². The van der Waals surface area contributed by atoms with E-state index in [4.69, 9.17) is 14.5 Å². The number of H-pyrrole nitrogens is 1. The fraction of sp³-hybridized carbons (Fsp3) is 0.542. The highest BCUT2D eigenvalue weighted by molar-refractivity contribution is 7.18. The third-order valence-corrected chi connectivity index (χ3v) is 7.01. The van der Waals surface area contributed by atoms with E-state index >= 15 is 0 Å². The average Bonchev–Trinajstić information content (AvgIpc) is 3.11. The van der Waals surface area contributed by atoms with Gasteiger partial charge in [-0.2, -0.15) is 0 Å². The van der Waals surface area contributed by atoms with Gasteiger partial charge in [0.05, 0.1) is 25.1 Å². The summed E-state index contributed by atoms with van der Waals surface area (Å²) < 4.78 is 12.5. The van der Waals surface area contributed by atoms with E-state index in [1.807, 2.05) is 13.8 Å². The monoisotopic (exact) mass is 457 g/mol. The molecule has 0 aliphatic heterocycles. The van der Waals surface area contributed by atoms with Gasteiger partial charge in [0, 0.05) is 36.4 Å². The summed E-state index contributed by atoms with van der Waals surface area (Å²) in [7, 11) is 1.64. The first kappa shape index (κ1) is 22.7. The number of aryl methyl sites for hydroxylation is 1. The van der Waals surface area contributed by atoms with Gasteiger partial charge in [-0.25, -0.2) is 4.98 Å². The van der Waals surface area contributed by atoms with E-state index in [9.17, 15) is 9.59 Å². The summed E-state index contributed by atoms with van der Waals surface area (Å²) in [5.74, 6) is 1.93. The summed E-state index contributed by atoms with van der Waals surface area (Å²) in [4.78, 5) is 36.3. The van der Waals surface area contributed by atoms with Gasteiger partial charge in [0.1, 0.15) is 10.7 Å². The number of hydrogen-bond acceptors (Lipinski definition) is 6. The van der Waals surface area contributed by atoms with Crippen molar-refractivity contribution in [2.24, 2.45) is 11.8 Å². The van der Waals surface area contributed by atoms with Crippen LogP contribution in [0.2, 0.25) is 0 Å². The predicted octanol–water partition coefficient (Wildman–Crippen LogP) is 3.54. The van der Waals surface area contributed by atoms with E-state index < -0.39 is 0 Å². The van der Waals surface area contributed by atoms with E-state index in [0.717, 1.165) is 29.5 Å². The largest absolute Gasteiger partial charge is 0.488 e. The van der Waals surface area contributed by atoms with Crippen LogP contribution in [-0.4, -0.2) is 34.9 Å². The lowest BCUT2D eigenvalue weighted by Crippen LogP contribution is -2.28. The lowest BCUT2D eigenvalue weighted by Gasteiger charge is -2.18. The lowest BCUT2D eigenvalue weighted by molar-refractivity contribution is 0.199. The minimum atomic E-state index is -0.193. The third-order valence-electron chi connectivity index (χ3n) is 5.86. The van der Waals surface area contributed by atoms with Crippen LogP contribution >= 0.6 is 11.3 Å². The van der Waals surface area contributed by atoms with Gasteiger partial charge < -0.3 is 14.5 Å². The first-order valence-electron chi connectivity index (χ1n) is 11.2. The molecule has 0 fully saturated rings. The minimum Gasteiger partial charge on any atom is -0.488 e. The van der Waals surface area contributed by atoms with Gasteiger partial charge >= 0.3 is 0 Å². The fourth-order valence-corrected chi connectivity index (χ4v) is 5.54. The van der Waals surface area contributed by atoms with Gasteiger partial charge in [0.15, 0.2) is 5.75 Å². The maximum absolute atomic E-state index is 13.6. The normalized spacial score (nSPS) is 16.0. The molecule has 32 heavy (non-hydrogen) atoms. The van der Waals surface area contributed by atoms with Crippen molar-refractivity contribution in [1.82, 2.24) is 14.5 Å². The van der Waals surface area contributed by atoms with Gasteiger partial charge in [-0.15, -0.1) is 11.3 Å². The number of aromatic amines is 1. The average molecular weight is 458 g/mol. The number of aromatic nitrogens is 3. The van der Waals surface area contributed by atoms with Crippen LogP contribution in [0.1, 0.15) is 49.2 Å². The zero-order chi connectivity index (χ0) is 22.8. The predicted molar refractivity (Wildman–Crippen MR) is 127 cm³/mol. The summed E-state index contributed by atoms with van der Waals surface area (Å²) in [5, 5.41) is 0.748. The van der Waals surface area contributed by atoms with Gasteiger partial charge in [-0.05, 0) is 36.7 Å². The molecule has 3 aromatic heterocycles. The second-order valence-corrected chi connectivity index (χ2v) is 10.2. The van der Waals surface area contributed by atoms with Crippen molar-refractivity contribution in [1.29, 1.82) is 0 Å². The Hall–Kier alpha value is -2.45. The molecule has 1 N–H and O–H groups in total. The molecule has 0 saturated heterocycles. The standard InChI is InChI=1S/C24H31N3O4S/c1-14(2)13-31-19-11-25-16(10-18(19)28)12-27-21(7-8-30-4)26-23-22(24(27)29)17-6-5-15(3)9-20(17)32-23/h10-11,14-15H,5-9,12-13H2,1-4H3,(H,25,28). The number of hydrogen-bond donors (Lipinski definition) is 1. The third kappa shape index (κ3) is 4.66. The van der Waals surface area contributed by atoms with Crippen molar-refractivity contribution < 1.29 is 9.47 Å². The van der Waals surface area contributed by atoms with E-state index in [-0.39, 0.29) is 17.5 Å². The van der Waals surface area contributed by atoms with Crippen LogP contribution in [-0.2, 0) is 30.5 Å². The topological polar surface area (TPSA) is 86.2 Å². The number of ether oxygens (including phenoxy) is 2. The van der Waals surface area contributed by atoms with Gasteiger partial charge in [0.25, 0.3) is 5.56 Å². The van der Waals surface area contributed by atoms with E-state index in [2.05, 4.69) is 11.9 Å². The molecule has 1 aliphatic rings. The Morgan fingerprint density at radius 1 is 1.34 bits per heavy atom. The molecular weight excluding hydrogens is 426 g/mol. The van der Waals surface area contributed by atoms with Gasteiger partial charge in [-0.1, -0.05) is 20.8 Å². The van der Waals surface area contributed by atoms with E-state index in [1.165, 1.54) is 16.5 Å². The Bertz CT molecular complexity index is 1220.